The summed E-state index contributed by atoms with van der Waals surface area (Å²) in [6, 6.07) is 9.47. The molecule has 1 atom stereocenters. The number of amides is 1. The Bertz CT molecular complexity index is 979. The predicted octanol–water partition coefficient (Wildman–Crippen LogP) is 4.10. The van der Waals surface area contributed by atoms with Gasteiger partial charge >= 0.3 is 0 Å². The molecule has 3 aromatic rings. The molecule has 4 rings (SSSR count). The van der Waals surface area contributed by atoms with Gasteiger partial charge in [-0.1, -0.05) is 6.07 Å². The van der Waals surface area contributed by atoms with Crippen LogP contribution in [0.2, 0.25) is 0 Å². The number of halogens is 1. The Kier molecular flexibility index (Phi) is 3.60. The number of carbonyl (C=O) groups excluding carboxylic acids is 1. The molecule has 6 heteroatoms. The first-order chi connectivity index (χ1) is 12.0. The molecule has 1 unspecified atom stereocenters. The van der Waals surface area contributed by atoms with Gasteiger partial charge in [-0.15, -0.1) is 0 Å². The van der Waals surface area contributed by atoms with Crippen LogP contribution in [0.3, 0.4) is 0 Å². The second-order valence-corrected chi connectivity index (χ2v) is 6.00. The Morgan fingerprint density at radius 3 is 2.80 bits per heavy atom. The molecule has 1 N–H and O–H groups in total. The summed E-state index contributed by atoms with van der Waals surface area (Å²) in [6.45, 7) is 3.81. The van der Waals surface area contributed by atoms with Crippen LogP contribution in [-0.2, 0) is 0 Å². The molecule has 25 heavy (non-hydrogen) atoms. The topological polar surface area (TPSA) is 60.7 Å². The third kappa shape index (κ3) is 2.69. The van der Waals surface area contributed by atoms with Crippen molar-refractivity contribution in [3.8, 4) is 11.5 Å². The lowest BCUT2D eigenvalue weighted by molar-refractivity contribution is 0.0913. The summed E-state index contributed by atoms with van der Waals surface area (Å²) < 4.78 is 29.7. The maximum atomic E-state index is 13.4. The number of hydrogen-bond donors (Lipinski definition) is 1. The van der Waals surface area contributed by atoms with Crippen molar-refractivity contribution in [2.24, 2.45) is 0 Å². The molecule has 128 valence electrons. The second kappa shape index (κ2) is 5.81. The summed E-state index contributed by atoms with van der Waals surface area (Å²) in [5, 5.41) is 3.50. The monoisotopic (exact) mass is 341 g/mol. The fraction of sp³-hybridized carbons (Fsp3) is 0.211. The average molecular weight is 341 g/mol. The summed E-state index contributed by atoms with van der Waals surface area (Å²) in [4.78, 5) is 12.6. The lowest BCUT2D eigenvalue weighted by Gasteiger charge is -2.14. The number of nitrogens with one attached hydrogen (secondary N) is 1. The van der Waals surface area contributed by atoms with Gasteiger partial charge in [0.25, 0.3) is 5.91 Å². The van der Waals surface area contributed by atoms with Crippen LogP contribution >= 0.6 is 0 Å². The molecule has 5 nitrogen and oxygen atoms in total. The van der Waals surface area contributed by atoms with Crippen molar-refractivity contribution in [3.63, 3.8) is 0 Å². The van der Waals surface area contributed by atoms with Gasteiger partial charge in [-0.2, -0.15) is 0 Å². The minimum atomic E-state index is -0.364. The number of aryl methyl sites for hydroxylation is 1. The molecular formula is C19H16FNO4. The first-order valence-electron chi connectivity index (χ1n) is 7.92. The van der Waals surface area contributed by atoms with Crippen molar-refractivity contribution in [1.29, 1.82) is 0 Å². The van der Waals surface area contributed by atoms with Gasteiger partial charge in [0.2, 0.25) is 6.79 Å². The van der Waals surface area contributed by atoms with Gasteiger partial charge in [-0.25, -0.2) is 4.39 Å². The van der Waals surface area contributed by atoms with E-state index in [1.165, 1.54) is 18.2 Å². The van der Waals surface area contributed by atoms with E-state index in [2.05, 4.69) is 5.32 Å². The quantitative estimate of drug-likeness (QED) is 0.779. The molecule has 2 heterocycles. The van der Waals surface area contributed by atoms with Gasteiger partial charge in [-0.3, -0.25) is 4.79 Å². The van der Waals surface area contributed by atoms with E-state index in [-0.39, 0.29) is 30.3 Å². The van der Waals surface area contributed by atoms with Crippen LogP contribution in [0.1, 0.15) is 34.6 Å². The number of hydrogen-bond acceptors (Lipinski definition) is 4. The fourth-order valence-corrected chi connectivity index (χ4v) is 2.94. The normalized spacial score (nSPS) is 13.9. The predicted molar refractivity (Wildman–Crippen MR) is 89.4 cm³/mol. The summed E-state index contributed by atoms with van der Waals surface area (Å²) in [7, 11) is 0. The zero-order valence-corrected chi connectivity index (χ0v) is 13.8. The van der Waals surface area contributed by atoms with E-state index >= 15 is 0 Å². The first-order valence-corrected chi connectivity index (χ1v) is 7.92. The average Bonchev–Trinajstić information content (AvgIpc) is 3.19. The molecule has 0 bridgehead atoms. The summed E-state index contributed by atoms with van der Waals surface area (Å²) in [6.07, 6.45) is 0. The van der Waals surface area contributed by atoms with E-state index in [0.29, 0.717) is 28.0 Å². The lowest BCUT2D eigenvalue weighted by atomic mass is 10.1. The molecule has 0 saturated heterocycles. The molecule has 0 aliphatic carbocycles. The molecule has 0 radical (unpaired) electrons. The van der Waals surface area contributed by atoms with Gasteiger partial charge < -0.3 is 19.2 Å². The molecule has 1 amide bonds. The molecule has 0 fully saturated rings. The SMILES string of the molecule is Cc1c(C(=O)NC(C)c2ccc3c(c2)OCO3)oc2ccc(F)cc12. The Balaban J connectivity index is 1.58. The smallest absolute Gasteiger partial charge is 0.287 e. The van der Waals surface area contributed by atoms with Crippen molar-refractivity contribution in [1.82, 2.24) is 5.32 Å². The fourth-order valence-electron chi connectivity index (χ4n) is 2.94. The second-order valence-electron chi connectivity index (χ2n) is 6.00. The number of benzene rings is 2. The summed E-state index contributed by atoms with van der Waals surface area (Å²) >= 11 is 0. The lowest BCUT2D eigenvalue weighted by Crippen LogP contribution is -2.26. The first kappa shape index (κ1) is 15.5. The van der Waals surface area contributed by atoms with Crippen molar-refractivity contribution >= 4 is 16.9 Å². The zero-order valence-electron chi connectivity index (χ0n) is 13.8. The Morgan fingerprint density at radius 2 is 1.96 bits per heavy atom. The third-order valence-electron chi connectivity index (χ3n) is 4.35. The number of carbonyl (C=O) groups is 1. The van der Waals surface area contributed by atoms with Crippen molar-refractivity contribution in [3.05, 3.63) is 59.1 Å². The number of fused-ring (bicyclic) bond motifs is 2. The van der Waals surface area contributed by atoms with Gasteiger partial charge in [0, 0.05) is 10.9 Å². The molecule has 0 saturated carbocycles. The zero-order chi connectivity index (χ0) is 17.6. The van der Waals surface area contributed by atoms with Gasteiger partial charge in [0.1, 0.15) is 11.4 Å². The molecule has 0 spiro atoms. The Morgan fingerprint density at radius 1 is 1.16 bits per heavy atom. The van der Waals surface area contributed by atoms with Gasteiger partial charge in [-0.05, 0) is 49.7 Å². The highest BCUT2D eigenvalue weighted by Gasteiger charge is 2.21. The van der Waals surface area contributed by atoms with Crippen LogP contribution in [0, 0.1) is 12.7 Å². The minimum Gasteiger partial charge on any atom is -0.454 e. The standard InChI is InChI=1S/C19H16FNO4/c1-10-14-8-13(20)4-6-15(14)25-18(10)19(22)21-11(2)12-3-5-16-17(7-12)24-9-23-16/h3-8,11H,9H2,1-2H3,(H,21,22). The highest BCUT2D eigenvalue weighted by Crippen LogP contribution is 2.34. The van der Waals surface area contributed by atoms with Crippen LogP contribution in [0.4, 0.5) is 4.39 Å². The van der Waals surface area contributed by atoms with E-state index in [1.807, 2.05) is 25.1 Å². The maximum absolute atomic E-state index is 13.4. The molecule has 1 aliphatic rings. The van der Waals surface area contributed by atoms with Crippen LogP contribution in [0.15, 0.2) is 40.8 Å². The van der Waals surface area contributed by atoms with Crippen molar-refractivity contribution in [2.45, 2.75) is 19.9 Å². The van der Waals surface area contributed by atoms with Crippen molar-refractivity contribution in [2.75, 3.05) is 6.79 Å². The van der Waals surface area contributed by atoms with Crippen LogP contribution in [-0.4, -0.2) is 12.7 Å². The van der Waals surface area contributed by atoms with E-state index in [1.54, 1.807) is 6.92 Å². The van der Waals surface area contributed by atoms with E-state index in [4.69, 9.17) is 13.9 Å². The van der Waals surface area contributed by atoms with Crippen molar-refractivity contribution < 1.29 is 23.1 Å². The Labute approximate surface area is 143 Å². The number of rotatable bonds is 3. The van der Waals surface area contributed by atoms with Crippen LogP contribution < -0.4 is 14.8 Å². The summed E-state index contributed by atoms with van der Waals surface area (Å²) in [5.74, 6) is 0.830. The van der Waals surface area contributed by atoms with Gasteiger partial charge in [0.05, 0.1) is 6.04 Å². The highest BCUT2D eigenvalue weighted by molar-refractivity contribution is 5.99. The Hall–Kier alpha value is -3.02. The van der Waals surface area contributed by atoms with Crippen LogP contribution in [0.5, 0.6) is 11.5 Å². The highest BCUT2D eigenvalue weighted by atomic mass is 19.1. The summed E-state index contributed by atoms with van der Waals surface area (Å²) in [5.41, 5.74) is 1.99. The maximum Gasteiger partial charge on any atom is 0.287 e. The van der Waals surface area contributed by atoms with E-state index in [0.717, 1.165) is 5.56 Å². The minimum absolute atomic E-state index is 0.188. The number of furan rings is 1. The molecule has 1 aliphatic heterocycles. The number of ether oxygens (including phenoxy) is 2. The van der Waals surface area contributed by atoms with Crippen LogP contribution in [0.25, 0.3) is 11.0 Å². The molecule has 2 aromatic carbocycles. The van der Waals surface area contributed by atoms with E-state index < -0.39 is 0 Å². The molecular weight excluding hydrogens is 325 g/mol. The van der Waals surface area contributed by atoms with Gasteiger partial charge in [0.15, 0.2) is 17.3 Å². The van der Waals surface area contributed by atoms with E-state index in [9.17, 15) is 9.18 Å². The third-order valence-corrected chi connectivity index (χ3v) is 4.35. The molecule has 1 aromatic heterocycles. The largest absolute Gasteiger partial charge is 0.454 e.